The fourth-order valence-corrected chi connectivity index (χ4v) is 3.05. The molecule has 2 aliphatic rings. The Labute approximate surface area is 111 Å². The summed E-state index contributed by atoms with van der Waals surface area (Å²) in [7, 11) is 0. The number of carbonyl (C=O) groups is 1. The van der Waals surface area contributed by atoms with Gasteiger partial charge in [0, 0.05) is 12.6 Å². The molecule has 1 saturated heterocycles. The van der Waals surface area contributed by atoms with Crippen LogP contribution in [0.2, 0.25) is 5.15 Å². The third-order valence-corrected chi connectivity index (χ3v) is 4.16. The summed E-state index contributed by atoms with van der Waals surface area (Å²) in [5, 5.41) is 3.30. The van der Waals surface area contributed by atoms with Gasteiger partial charge in [0.1, 0.15) is 5.15 Å². The van der Waals surface area contributed by atoms with Crippen LogP contribution in [-0.4, -0.2) is 28.5 Å². The maximum atomic E-state index is 12.1. The second kappa shape index (κ2) is 4.76. The maximum absolute atomic E-state index is 12.1. The molecule has 3 rings (SSSR count). The number of amides is 2. The van der Waals surface area contributed by atoms with Crippen LogP contribution in [0.1, 0.15) is 25.7 Å². The molecule has 18 heavy (non-hydrogen) atoms. The highest BCUT2D eigenvalue weighted by molar-refractivity contribution is 6.29. The highest BCUT2D eigenvalue weighted by Crippen LogP contribution is 2.37. The van der Waals surface area contributed by atoms with E-state index in [1.165, 1.54) is 19.3 Å². The summed E-state index contributed by atoms with van der Waals surface area (Å²) in [5.41, 5.74) is 0.698. The van der Waals surface area contributed by atoms with Crippen LogP contribution < -0.4 is 5.32 Å². The molecule has 1 aromatic heterocycles. The number of rotatable bonds is 1. The number of anilines is 1. The van der Waals surface area contributed by atoms with Crippen LogP contribution in [0.4, 0.5) is 10.5 Å². The quantitative estimate of drug-likeness (QED) is 0.793. The normalized spacial score (nSPS) is 26.2. The number of likely N-dealkylation sites (tertiary alicyclic amines) is 1. The van der Waals surface area contributed by atoms with Gasteiger partial charge in [-0.25, -0.2) is 9.78 Å². The number of nitrogens with zero attached hydrogens (tertiary/aromatic N) is 2. The van der Waals surface area contributed by atoms with Gasteiger partial charge in [-0.2, -0.15) is 0 Å². The van der Waals surface area contributed by atoms with Crippen LogP contribution in [0.5, 0.6) is 0 Å². The number of halogens is 1. The van der Waals surface area contributed by atoms with Crippen molar-refractivity contribution in [3.05, 3.63) is 23.5 Å². The fourth-order valence-electron chi connectivity index (χ4n) is 2.94. The third-order valence-electron chi connectivity index (χ3n) is 3.94. The molecule has 1 aliphatic carbocycles. The summed E-state index contributed by atoms with van der Waals surface area (Å²) < 4.78 is 0. The molecule has 0 aromatic carbocycles. The van der Waals surface area contributed by atoms with E-state index in [9.17, 15) is 4.79 Å². The van der Waals surface area contributed by atoms with E-state index in [2.05, 4.69) is 10.3 Å². The summed E-state index contributed by atoms with van der Waals surface area (Å²) in [6.07, 6.45) is 6.57. The number of nitrogens with one attached hydrogen (secondary N) is 1. The summed E-state index contributed by atoms with van der Waals surface area (Å²) >= 11 is 5.71. The Kier molecular flexibility index (Phi) is 3.12. The van der Waals surface area contributed by atoms with Gasteiger partial charge in [-0.05, 0) is 30.9 Å². The summed E-state index contributed by atoms with van der Waals surface area (Å²) in [6, 6.07) is 3.89. The molecule has 0 bridgehead atoms. The van der Waals surface area contributed by atoms with Crippen molar-refractivity contribution in [3.8, 4) is 0 Å². The van der Waals surface area contributed by atoms with Gasteiger partial charge < -0.3 is 10.2 Å². The SMILES string of the molecule is O=C(Nc1ccc(Cl)nc1)N1C[C@@H]2CCCC[C@@H]21. The van der Waals surface area contributed by atoms with E-state index in [1.807, 2.05) is 4.90 Å². The van der Waals surface area contributed by atoms with Crippen molar-refractivity contribution < 1.29 is 4.79 Å². The number of hydrogen-bond acceptors (Lipinski definition) is 2. The zero-order chi connectivity index (χ0) is 12.5. The standard InChI is InChI=1S/C13H16ClN3O/c14-12-6-5-10(7-15-12)16-13(18)17-8-9-3-1-2-4-11(9)17/h5-7,9,11H,1-4,8H2,(H,16,18)/t9-,11-/m0/s1. The predicted octanol–water partition coefficient (Wildman–Crippen LogP) is 3.14. The summed E-state index contributed by atoms with van der Waals surface area (Å²) in [5.74, 6) is 0.729. The molecule has 4 nitrogen and oxygen atoms in total. The van der Waals surface area contributed by atoms with E-state index < -0.39 is 0 Å². The molecule has 2 amide bonds. The Morgan fingerprint density at radius 1 is 1.39 bits per heavy atom. The number of carbonyl (C=O) groups excluding carboxylic acids is 1. The van der Waals surface area contributed by atoms with Crippen molar-refractivity contribution in [2.45, 2.75) is 31.7 Å². The van der Waals surface area contributed by atoms with Gasteiger partial charge in [0.05, 0.1) is 11.9 Å². The van der Waals surface area contributed by atoms with E-state index in [0.717, 1.165) is 18.9 Å². The molecule has 0 radical (unpaired) electrons. The van der Waals surface area contributed by atoms with Crippen molar-refractivity contribution in [2.24, 2.45) is 5.92 Å². The van der Waals surface area contributed by atoms with Crippen LogP contribution in [0.3, 0.4) is 0 Å². The van der Waals surface area contributed by atoms with Gasteiger partial charge in [0.15, 0.2) is 0 Å². The first-order valence-electron chi connectivity index (χ1n) is 6.43. The van der Waals surface area contributed by atoms with E-state index in [1.54, 1.807) is 18.3 Å². The van der Waals surface area contributed by atoms with Gasteiger partial charge in [-0.1, -0.05) is 24.4 Å². The molecule has 2 heterocycles. The minimum absolute atomic E-state index is 0.0118. The van der Waals surface area contributed by atoms with Crippen molar-refractivity contribution >= 4 is 23.3 Å². The van der Waals surface area contributed by atoms with Gasteiger partial charge in [-0.15, -0.1) is 0 Å². The minimum atomic E-state index is -0.0118. The van der Waals surface area contributed by atoms with Gasteiger partial charge in [-0.3, -0.25) is 0 Å². The molecular weight excluding hydrogens is 250 g/mol. The third kappa shape index (κ3) is 2.17. The Hall–Kier alpha value is -1.29. The maximum Gasteiger partial charge on any atom is 0.322 e. The topological polar surface area (TPSA) is 45.2 Å². The summed E-state index contributed by atoms with van der Waals surface area (Å²) in [6.45, 7) is 0.900. The molecule has 0 spiro atoms. The molecular formula is C13H16ClN3O. The number of urea groups is 1. The highest BCUT2D eigenvalue weighted by atomic mass is 35.5. The van der Waals surface area contributed by atoms with E-state index in [-0.39, 0.29) is 6.03 Å². The van der Waals surface area contributed by atoms with Crippen LogP contribution in [0, 0.1) is 5.92 Å². The number of pyridine rings is 1. The lowest BCUT2D eigenvalue weighted by molar-refractivity contribution is 0.0256. The number of hydrogen-bond donors (Lipinski definition) is 1. The van der Waals surface area contributed by atoms with Crippen molar-refractivity contribution in [3.63, 3.8) is 0 Å². The van der Waals surface area contributed by atoms with Gasteiger partial charge in [0.2, 0.25) is 0 Å². The molecule has 2 atom stereocenters. The average molecular weight is 266 g/mol. The zero-order valence-corrected chi connectivity index (χ0v) is 10.9. The number of fused-ring (bicyclic) bond motifs is 1. The van der Waals surface area contributed by atoms with Crippen LogP contribution in [0.25, 0.3) is 0 Å². The molecule has 0 unspecified atom stereocenters. The van der Waals surface area contributed by atoms with Crippen molar-refractivity contribution in [1.82, 2.24) is 9.88 Å². The molecule has 2 fully saturated rings. The first kappa shape index (κ1) is 11.8. The van der Waals surface area contributed by atoms with E-state index >= 15 is 0 Å². The van der Waals surface area contributed by atoms with Crippen molar-refractivity contribution in [2.75, 3.05) is 11.9 Å². The van der Waals surface area contributed by atoms with Crippen molar-refractivity contribution in [1.29, 1.82) is 0 Å². The Bertz CT molecular complexity index is 448. The minimum Gasteiger partial charge on any atom is -0.321 e. The monoisotopic (exact) mass is 265 g/mol. The van der Waals surface area contributed by atoms with E-state index in [0.29, 0.717) is 16.9 Å². The lowest BCUT2D eigenvalue weighted by Gasteiger charge is -2.50. The molecule has 1 aliphatic heterocycles. The fraction of sp³-hybridized carbons (Fsp3) is 0.538. The molecule has 5 heteroatoms. The first-order valence-corrected chi connectivity index (χ1v) is 6.81. The zero-order valence-electron chi connectivity index (χ0n) is 10.1. The van der Waals surface area contributed by atoms with Crippen LogP contribution >= 0.6 is 11.6 Å². The molecule has 1 aromatic rings. The predicted molar refractivity (Wildman–Crippen MR) is 70.7 cm³/mol. The second-order valence-corrected chi connectivity index (χ2v) is 5.45. The average Bonchev–Trinajstić information content (AvgIpc) is 2.34. The second-order valence-electron chi connectivity index (χ2n) is 5.06. The largest absolute Gasteiger partial charge is 0.322 e. The Morgan fingerprint density at radius 3 is 2.94 bits per heavy atom. The molecule has 1 saturated carbocycles. The number of aromatic nitrogens is 1. The van der Waals surface area contributed by atoms with E-state index in [4.69, 9.17) is 11.6 Å². The van der Waals surface area contributed by atoms with Gasteiger partial charge >= 0.3 is 6.03 Å². The lowest BCUT2D eigenvalue weighted by Crippen LogP contribution is -2.60. The van der Waals surface area contributed by atoms with Gasteiger partial charge in [0.25, 0.3) is 0 Å². The van der Waals surface area contributed by atoms with Crippen LogP contribution in [-0.2, 0) is 0 Å². The highest BCUT2D eigenvalue weighted by Gasteiger charge is 2.42. The first-order chi connectivity index (χ1) is 8.74. The Morgan fingerprint density at radius 2 is 2.22 bits per heavy atom. The Balaban J connectivity index is 1.60. The van der Waals surface area contributed by atoms with Crippen LogP contribution in [0.15, 0.2) is 18.3 Å². The smallest absolute Gasteiger partial charge is 0.321 e. The molecule has 1 N–H and O–H groups in total. The lowest BCUT2D eigenvalue weighted by atomic mass is 9.77. The molecule has 96 valence electrons. The summed E-state index contributed by atoms with van der Waals surface area (Å²) in [4.78, 5) is 18.0.